The first-order chi connectivity index (χ1) is 5.68. The Labute approximate surface area is 76.1 Å². The van der Waals surface area contributed by atoms with Gasteiger partial charge in [-0.25, -0.2) is 0 Å². The molecule has 0 aliphatic heterocycles. The molecule has 0 N–H and O–H groups in total. The lowest BCUT2D eigenvalue weighted by Gasteiger charge is -2.12. The van der Waals surface area contributed by atoms with Crippen LogP contribution in [-0.4, -0.2) is 0 Å². The van der Waals surface area contributed by atoms with Crippen LogP contribution in [0.15, 0.2) is 11.6 Å². The molecule has 0 heterocycles. The van der Waals surface area contributed by atoms with Crippen molar-refractivity contribution in [2.75, 3.05) is 0 Å². The Bertz CT molecular complexity index is 224. The first-order valence-electron chi connectivity index (χ1n) is 4.82. The summed E-state index contributed by atoms with van der Waals surface area (Å²) in [5.41, 5.74) is 1.51. The van der Waals surface area contributed by atoms with Crippen molar-refractivity contribution in [3.05, 3.63) is 11.6 Å². The van der Waals surface area contributed by atoms with Crippen LogP contribution in [0, 0.1) is 23.7 Å². The monoisotopic (exact) mass is 162 g/mol. The minimum absolute atomic E-state index is 0.583. The van der Waals surface area contributed by atoms with Gasteiger partial charge in [-0.15, -0.1) is 0 Å². The molecule has 0 aromatic rings. The van der Waals surface area contributed by atoms with Gasteiger partial charge in [-0.2, -0.15) is 0 Å². The molecule has 1 aliphatic carbocycles. The molecule has 0 spiro atoms. The van der Waals surface area contributed by atoms with Gasteiger partial charge in [-0.1, -0.05) is 37.3 Å². The normalized spacial score (nSPS) is 30.4. The molecule has 0 aromatic carbocycles. The van der Waals surface area contributed by atoms with Gasteiger partial charge in [-0.05, 0) is 25.7 Å². The van der Waals surface area contributed by atoms with Crippen molar-refractivity contribution in [2.24, 2.45) is 11.8 Å². The molecular formula is C12H18. The highest BCUT2D eigenvalue weighted by molar-refractivity contribution is 5.12. The Hall–Kier alpha value is -0.700. The Morgan fingerprint density at radius 1 is 1.42 bits per heavy atom. The van der Waals surface area contributed by atoms with Gasteiger partial charge in [0.15, 0.2) is 0 Å². The van der Waals surface area contributed by atoms with Crippen LogP contribution in [0.25, 0.3) is 0 Å². The molecule has 12 heavy (non-hydrogen) atoms. The average Bonchev–Trinajstić information content (AvgIpc) is 2.01. The zero-order valence-corrected chi connectivity index (χ0v) is 8.35. The van der Waals surface area contributed by atoms with E-state index in [1.807, 2.05) is 0 Å². The van der Waals surface area contributed by atoms with Crippen LogP contribution in [0.4, 0.5) is 0 Å². The van der Waals surface area contributed by atoms with Gasteiger partial charge in [0.25, 0.3) is 0 Å². The first-order valence-corrected chi connectivity index (χ1v) is 4.82. The number of rotatable bonds is 0. The summed E-state index contributed by atoms with van der Waals surface area (Å²) in [7, 11) is 0. The van der Waals surface area contributed by atoms with Crippen molar-refractivity contribution in [2.45, 2.75) is 40.0 Å². The molecule has 0 saturated heterocycles. The molecule has 2 unspecified atom stereocenters. The Kier molecular flexibility index (Phi) is 3.41. The average molecular weight is 162 g/mol. The van der Waals surface area contributed by atoms with E-state index in [-0.39, 0.29) is 0 Å². The number of allylic oxidation sites excluding steroid dienone is 2. The summed E-state index contributed by atoms with van der Waals surface area (Å²) in [5, 5.41) is 0. The third kappa shape index (κ3) is 3.13. The highest BCUT2D eigenvalue weighted by atomic mass is 14.1. The van der Waals surface area contributed by atoms with Gasteiger partial charge in [-0.3, -0.25) is 0 Å². The van der Waals surface area contributed by atoms with E-state index in [2.05, 4.69) is 38.7 Å². The van der Waals surface area contributed by atoms with E-state index in [1.165, 1.54) is 18.4 Å². The zero-order chi connectivity index (χ0) is 8.97. The van der Waals surface area contributed by atoms with Crippen LogP contribution >= 0.6 is 0 Å². The molecule has 0 radical (unpaired) electrons. The predicted molar refractivity (Wildman–Crippen MR) is 53.7 cm³/mol. The Morgan fingerprint density at radius 3 is 2.92 bits per heavy atom. The van der Waals surface area contributed by atoms with Crippen molar-refractivity contribution in [3.8, 4) is 11.8 Å². The molecule has 0 aromatic heterocycles. The van der Waals surface area contributed by atoms with Gasteiger partial charge >= 0.3 is 0 Å². The fraction of sp³-hybridized carbons (Fsp3) is 0.667. The molecule has 0 bridgehead atoms. The lowest BCUT2D eigenvalue weighted by atomic mass is 9.93. The van der Waals surface area contributed by atoms with Crippen molar-refractivity contribution in [3.63, 3.8) is 0 Å². The number of hydrogen-bond acceptors (Lipinski definition) is 0. The van der Waals surface area contributed by atoms with Crippen molar-refractivity contribution in [1.82, 2.24) is 0 Å². The maximum absolute atomic E-state index is 3.28. The summed E-state index contributed by atoms with van der Waals surface area (Å²) in [5.74, 6) is 7.86. The molecular weight excluding hydrogens is 144 g/mol. The van der Waals surface area contributed by atoms with Crippen LogP contribution < -0.4 is 0 Å². The second kappa shape index (κ2) is 4.36. The predicted octanol–water partition coefficient (Wildman–Crippen LogP) is 3.39. The minimum Gasteiger partial charge on any atom is -0.0999 e. The van der Waals surface area contributed by atoms with E-state index in [0.29, 0.717) is 5.92 Å². The lowest BCUT2D eigenvalue weighted by molar-refractivity contribution is 0.472. The van der Waals surface area contributed by atoms with E-state index in [9.17, 15) is 0 Å². The quantitative estimate of drug-likeness (QED) is 0.378. The van der Waals surface area contributed by atoms with Crippen LogP contribution in [0.3, 0.4) is 0 Å². The molecule has 2 atom stereocenters. The van der Waals surface area contributed by atoms with E-state index >= 15 is 0 Å². The van der Waals surface area contributed by atoms with Crippen LogP contribution in [0.5, 0.6) is 0 Å². The van der Waals surface area contributed by atoms with Crippen molar-refractivity contribution in [1.29, 1.82) is 0 Å². The van der Waals surface area contributed by atoms with Gasteiger partial charge in [0.2, 0.25) is 0 Å². The van der Waals surface area contributed by atoms with Crippen LogP contribution in [0.2, 0.25) is 0 Å². The van der Waals surface area contributed by atoms with Gasteiger partial charge in [0.05, 0.1) is 0 Å². The van der Waals surface area contributed by atoms with E-state index < -0.39 is 0 Å². The fourth-order valence-electron chi connectivity index (χ4n) is 1.84. The van der Waals surface area contributed by atoms with E-state index in [4.69, 9.17) is 0 Å². The highest BCUT2D eigenvalue weighted by Gasteiger charge is 2.07. The van der Waals surface area contributed by atoms with E-state index in [1.54, 1.807) is 0 Å². The molecule has 0 heteroatoms. The molecule has 0 nitrogen and oxygen atoms in total. The summed E-state index contributed by atoms with van der Waals surface area (Å²) in [6, 6.07) is 0. The molecule has 0 fully saturated rings. The third-order valence-corrected chi connectivity index (χ3v) is 2.33. The first kappa shape index (κ1) is 9.39. The summed E-state index contributed by atoms with van der Waals surface area (Å²) in [6.07, 6.45) is 5.70. The maximum Gasteiger partial charge on any atom is 0.0272 e. The highest BCUT2D eigenvalue weighted by Crippen LogP contribution is 2.20. The van der Waals surface area contributed by atoms with Gasteiger partial charge in [0, 0.05) is 12.3 Å². The van der Waals surface area contributed by atoms with Crippen molar-refractivity contribution < 1.29 is 0 Å². The Morgan fingerprint density at radius 2 is 2.17 bits per heavy atom. The smallest absolute Gasteiger partial charge is 0.0272 e. The van der Waals surface area contributed by atoms with Crippen LogP contribution in [-0.2, 0) is 0 Å². The summed E-state index contributed by atoms with van der Waals surface area (Å²) >= 11 is 0. The fourth-order valence-corrected chi connectivity index (χ4v) is 1.84. The summed E-state index contributed by atoms with van der Waals surface area (Å²) < 4.78 is 0. The standard InChI is InChI=1S/C12H18/c1-10-6-4-5-7-11(2)9-12(3)8-10/h6,11-12H,4,8-9H2,1-3H3. The van der Waals surface area contributed by atoms with Crippen LogP contribution in [0.1, 0.15) is 40.0 Å². The minimum atomic E-state index is 0.583. The zero-order valence-electron chi connectivity index (χ0n) is 8.35. The van der Waals surface area contributed by atoms with E-state index in [0.717, 1.165) is 12.3 Å². The topological polar surface area (TPSA) is 0 Å². The maximum atomic E-state index is 3.28. The molecule has 0 amide bonds. The SMILES string of the molecule is CC1=CCC#CC(C)CC(C)C1. The second-order valence-corrected chi connectivity index (χ2v) is 4.02. The summed E-state index contributed by atoms with van der Waals surface area (Å²) in [4.78, 5) is 0. The summed E-state index contributed by atoms with van der Waals surface area (Å²) in [6.45, 7) is 6.76. The van der Waals surface area contributed by atoms with Gasteiger partial charge < -0.3 is 0 Å². The lowest BCUT2D eigenvalue weighted by Crippen LogP contribution is -2.01. The second-order valence-electron chi connectivity index (χ2n) is 4.02. The Balaban J connectivity index is 2.65. The molecule has 1 aliphatic rings. The molecule has 66 valence electrons. The largest absolute Gasteiger partial charge is 0.0999 e. The number of hydrogen-bond donors (Lipinski definition) is 0. The van der Waals surface area contributed by atoms with Gasteiger partial charge in [0.1, 0.15) is 0 Å². The molecule has 0 saturated carbocycles. The molecule has 1 rings (SSSR count). The third-order valence-electron chi connectivity index (χ3n) is 2.33. The van der Waals surface area contributed by atoms with Crippen molar-refractivity contribution >= 4 is 0 Å².